The van der Waals surface area contributed by atoms with E-state index in [1.807, 2.05) is 49.4 Å². The van der Waals surface area contributed by atoms with Crippen LogP contribution >= 0.6 is 28.1 Å². The summed E-state index contributed by atoms with van der Waals surface area (Å²) in [5, 5.41) is 0. The van der Waals surface area contributed by atoms with Crippen LogP contribution in [0.1, 0.15) is 11.1 Å². The molecule has 2 aromatic rings. The first-order chi connectivity index (χ1) is 10.1. The van der Waals surface area contributed by atoms with E-state index >= 15 is 0 Å². The molecule has 0 bridgehead atoms. The van der Waals surface area contributed by atoms with E-state index in [1.54, 1.807) is 0 Å². The summed E-state index contributed by atoms with van der Waals surface area (Å²) in [6, 6.07) is 13.3. The van der Waals surface area contributed by atoms with Gasteiger partial charge in [-0.2, -0.15) is 0 Å². The number of aryl methyl sites for hydroxylation is 1. The molecule has 2 rings (SSSR count). The third-order valence-electron chi connectivity index (χ3n) is 2.84. The topological polar surface area (TPSA) is 44.5 Å². The highest BCUT2D eigenvalue weighted by molar-refractivity contribution is 9.10. The summed E-state index contributed by atoms with van der Waals surface area (Å²) in [4.78, 5) is 0.383. The second-order valence-corrected chi connectivity index (χ2v) is 5.81. The van der Waals surface area contributed by atoms with Crippen LogP contribution in [-0.4, -0.2) is 18.2 Å². The summed E-state index contributed by atoms with van der Waals surface area (Å²) < 4.78 is 12.2. The van der Waals surface area contributed by atoms with Crippen LogP contribution in [0.2, 0.25) is 0 Å². The van der Waals surface area contributed by atoms with E-state index < -0.39 is 0 Å². The van der Waals surface area contributed by atoms with Crippen molar-refractivity contribution in [1.29, 1.82) is 0 Å². The number of rotatable bonds is 6. The molecule has 0 amide bonds. The average Bonchev–Trinajstić information content (AvgIpc) is 2.46. The van der Waals surface area contributed by atoms with Crippen molar-refractivity contribution in [1.82, 2.24) is 0 Å². The van der Waals surface area contributed by atoms with E-state index in [-0.39, 0.29) is 0 Å². The fourth-order valence-electron chi connectivity index (χ4n) is 1.75. The summed E-state index contributed by atoms with van der Waals surface area (Å²) >= 11 is 8.38. The lowest BCUT2D eigenvalue weighted by Crippen LogP contribution is -2.10. The Labute approximate surface area is 138 Å². The molecule has 5 heteroatoms. The first-order valence-corrected chi connectivity index (χ1v) is 7.68. The van der Waals surface area contributed by atoms with Gasteiger partial charge in [-0.15, -0.1) is 0 Å². The molecule has 3 nitrogen and oxygen atoms in total. The van der Waals surface area contributed by atoms with Gasteiger partial charge in [0.05, 0.1) is 4.47 Å². The Morgan fingerprint density at radius 1 is 1.10 bits per heavy atom. The summed E-state index contributed by atoms with van der Waals surface area (Å²) in [6.45, 7) is 2.97. The predicted octanol–water partition coefficient (Wildman–Crippen LogP) is 3.85. The van der Waals surface area contributed by atoms with Gasteiger partial charge in [-0.3, -0.25) is 0 Å². The Balaban J connectivity index is 1.80. The number of nitrogens with two attached hydrogens (primary N) is 1. The minimum atomic E-state index is 0.383. The minimum absolute atomic E-state index is 0.383. The Bertz CT molecular complexity index is 629. The van der Waals surface area contributed by atoms with E-state index in [4.69, 9.17) is 27.4 Å². The summed E-state index contributed by atoms with van der Waals surface area (Å²) in [7, 11) is 0. The molecule has 0 heterocycles. The maximum absolute atomic E-state index is 5.66. The van der Waals surface area contributed by atoms with Crippen LogP contribution in [0, 0.1) is 6.92 Å². The molecule has 0 radical (unpaired) electrons. The number of hydrogen-bond donors (Lipinski definition) is 1. The molecule has 0 saturated heterocycles. The number of halogens is 1. The lowest BCUT2D eigenvalue weighted by molar-refractivity contribution is 0.216. The Kier molecular flexibility index (Phi) is 5.59. The van der Waals surface area contributed by atoms with Crippen molar-refractivity contribution in [3.8, 4) is 11.5 Å². The van der Waals surface area contributed by atoms with Gasteiger partial charge in [0, 0.05) is 5.56 Å². The van der Waals surface area contributed by atoms with Gasteiger partial charge in [0.15, 0.2) is 0 Å². The molecule has 21 heavy (non-hydrogen) atoms. The normalized spacial score (nSPS) is 10.2. The van der Waals surface area contributed by atoms with Gasteiger partial charge in [0.2, 0.25) is 0 Å². The molecule has 0 atom stereocenters. The van der Waals surface area contributed by atoms with Crippen molar-refractivity contribution in [2.45, 2.75) is 6.92 Å². The average molecular weight is 366 g/mol. The van der Waals surface area contributed by atoms with E-state index in [1.165, 1.54) is 5.56 Å². The van der Waals surface area contributed by atoms with Gasteiger partial charge in [-0.1, -0.05) is 18.3 Å². The number of thiocarbonyl (C=S) groups is 1. The van der Waals surface area contributed by atoms with Crippen LogP contribution in [0.5, 0.6) is 11.5 Å². The van der Waals surface area contributed by atoms with Gasteiger partial charge in [0.1, 0.15) is 29.7 Å². The highest BCUT2D eigenvalue weighted by atomic mass is 79.9. The SMILES string of the molecule is Cc1ccc(OCCOc2ccc(C(N)=S)cc2)c(Br)c1. The van der Waals surface area contributed by atoms with Gasteiger partial charge in [-0.05, 0) is 64.8 Å². The third kappa shape index (κ3) is 4.72. The van der Waals surface area contributed by atoms with Crippen molar-refractivity contribution in [2.24, 2.45) is 5.73 Å². The third-order valence-corrected chi connectivity index (χ3v) is 3.69. The fraction of sp³-hybridized carbons (Fsp3) is 0.188. The van der Waals surface area contributed by atoms with Gasteiger partial charge in [0.25, 0.3) is 0 Å². The summed E-state index contributed by atoms with van der Waals surface area (Å²) in [6.07, 6.45) is 0. The predicted molar refractivity (Wildman–Crippen MR) is 92.2 cm³/mol. The molecule has 110 valence electrons. The minimum Gasteiger partial charge on any atom is -0.490 e. The second kappa shape index (κ2) is 7.43. The maximum Gasteiger partial charge on any atom is 0.133 e. The maximum atomic E-state index is 5.66. The summed E-state index contributed by atoms with van der Waals surface area (Å²) in [5.41, 5.74) is 7.56. The molecule has 0 aliphatic rings. The standard InChI is InChI=1S/C16H16BrNO2S/c1-11-2-7-15(14(17)10-11)20-9-8-19-13-5-3-12(4-6-13)16(18)21/h2-7,10H,8-9H2,1H3,(H2,18,21). The lowest BCUT2D eigenvalue weighted by Gasteiger charge is -2.10. The van der Waals surface area contributed by atoms with E-state index in [0.717, 1.165) is 21.5 Å². The van der Waals surface area contributed by atoms with Crippen LogP contribution in [0.3, 0.4) is 0 Å². The van der Waals surface area contributed by atoms with E-state index in [0.29, 0.717) is 18.2 Å². The number of ether oxygens (including phenoxy) is 2. The molecular weight excluding hydrogens is 350 g/mol. The van der Waals surface area contributed by atoms with Crippen molar-refractivity contribution in [2.75, 3.05) is 13.2 Å². The smallest absolute Gasteiger partial charge is 0.133 e. The molecule has 0 aromatic heterocycles. The van der Waals surface area contributed by atoms with Crippen molar-refractivity contribution >= 4 is 33.1 Å². The summed E-state index contributed by atoms with van der Waals surface area (Å²) in [5.74, 6) is 1.58. The molecule has 0 saturated carbocycles. The molecule has 2 N–H and O–H groups in total. The molecule has 2 aromatic carbocycles. The van der Waals surface area contributed by atoms with Crippen molar-refractivity contribution in [3.05, 3.63) is 58.1 Å². The zero-order valence-corrected chi connectivity index (χ0v) is 14.0. The van der Waals surface area contributed by atoms with Crippen LogP contribution < -0.4 is 15.2 Å². The second-order valence-electron chi connectivity index (χ2n) is 4.52. The molecule has 0 spiro atoms. The first kappa shape index (κ1) is 15.8. The lowest BCUT2D eigenvalue weighted by atomic mass is 10.2. The highest BCUT2D eigenvalue weighted by Crippen LogP contribution is 2.25. The fourth-order valence-corrected chi connectivity index (χ4v) is 2.49. The quantitative estimate of drug-likeness (QED) is 0.623. The van der Waals surface area contributed by atoms with Crippen molar-refractivity contribution < 1.29 is 9.47 Å². The van der Waals surface area contributed by atoms with Gasteiger partial charge >= 0.3 is 0 Å². The van der Waals surface area contributed by atoms with Crippen LogP contribution in [-0.2, 0) is 0 Å². The highest BCUT2D eigenvalue weighted by Gasteiger charge is 2.02. The van der Waals surface area contributed by atoms with Crippen LogP contribution in [0.4, 0.5) is 0 Å². The Hall–Kier alpha value is -1.59. The van der Waals surface area contributed by atoms with E-state index in [9.17, 15) is 0 Å². The Morgan fingerprint density at radius 3 is 2.38 bits per heavy atom. The van der Waals surface area contributed by atoms with Gasteiger partial charge in [-0.25, -0.2) is 0 Å². The van der Waals surface area contributed by atoms with Crippen molar-refractivity contribution in [3.63, 3.8) is 0 Å². The van der Waals surface area contributed by atoms with Gasteiger partial charge < -0.3 is 15.2 Å². The molecule has 0 fully saturated rings. The van der Waals surface area contributed by atoms with Crippen LogP contribution in [0.25, 0.3) is 0 Å². The number of benzene rings is 2. The molecule has 0 unspecified atom stereocenters. The number of hydrogen-bond acceptors (Lipinski definition) is 3. The largest absolute Gasteiger partial charge is 0.490 e. The zero-order valence-electron chi connectivity index (χ0n) is 11.6. The van der Waals surface area contributed by atoms with E-state index in [2.05, 4.69) is 15.9 Å². The Morgan fingerprint density at radius 2 is 1.76 bits per heavy atom. The van der Waals surface area contributed by atoms with Crippen LogP contribution in [0.15, 0.2) is 46.9 Å². The molecule has 0 aliphatic carbocycles. The molecular formula is C16H16BrNO2S. The molecule has 0 aliphatic heterocycles. The monoisotopic (exact) mass is 365 g/mol. The zero-order chi connectivity index (χ0) is 15.2. The first-order valence-electron chi connectivity index (χ1n) is 6.48.